The summed E-state index contributed by atoms with van der Waals surface area (Å²) in [4.78, 5) is 25.3. The second kappa shape index (κ2) is 6.55. The Bertz CT molecular complexity index is 474. The van der Waals surface area contributed by atoms with Crippen LogP contribution in [0, 0.1) is 0 Å². The zero-order valence-electron chi connectivity index (χ0n) is 12.0. The van der Waals surface area contributed by atoms with E-state index in [-0.39, 0.29) is 5.91 Å². The van der Waals surface area contributed by atoms with Gasteiger partial charge in [-0.3, -0.25) is 9.59 Å². The number of nitrogens with two attached hydrogens (primary N) is 1. The Morgan fingerprint density at radius 1 is 1.00 bits per heavy atom. The molecule has 1 saturated carbocycles. The van der Waals surface area contributed by atoms with E-state index in [1.54, 1.807) is 24.3 Å². The van der Waals surface area contributed by atoms with E-state index in [2.05, 4.69) is 0 Å². The van der Waals surface area contributed by atoms with Gasteiger partial charge in [0, 0.05) is 24.2 Å². The maximum Gasteiger partial charge on any atom is 0.253 e. The lowest BCUT2D eigenvalue weighted by atomic mass is 10.1. The molecular formula is C16H22N2O2. The van der Waals surface area contributed by atoms with Gasteiger partial charge in [0.25, 0.3) is 5.91 Å². The highest BCUT2D eigenvalue weighted by atomic mass is 16.2. The molecule has 0 aromatic heterocycles. The maximum absolute atomic E-state index is 12.4. The lowest BCUT2D eigenvalue weighted by Crippen LogP contribution is -2.36. The third kappa shape index (κ3) is 3.38. The first-order valence-electron chi connectivity index (χ1n) is 7.26. The van der Waals surface area contributed by atoms with Gasteiger partial charge in [0.15, 0.2) is 0 Å². The number of nitrogens with zero attached hydrogens (tertiary/aromatic N) is 1. The monoisotopic (exact) mass is 274 g/mol. The predicted molar refractivity (Wildman–Crippen MR) is 78.5 cm³/mol. The smallest absolute Gasteiger partial charge is 0.253 e. The van der Waals surface area contributed by atoms with Crippen molar-refractivity contribution in [1.82, 2.24) is 4.90 Å². The fraction of sp³-hybridized carbons (Fsp3) is 0.500. The molecule has 1 aromatic rings. The number of rotatable bonds is 3. The van der Waals surface area contributed by atoms with Crippen molar-refractivity contribution in [2.24, 2.45) is 5.73 Å². The van der Waals surface area contributed by atoms with Gasteiger partial charge in [-0.1, -0.05) is 25.7 Å². The molecule has 1 aromatic carbocycles. The normalized spacial score (nSPS) is 16.4. The van der Waals surface area contributed by atoms with Crippen LogP contribution in [0.1, 0.15) is 59.2 Å². The summed E-state index contributed by atoms with van der Waals surface area (Å²) in [6.07, 6.45) is 7.10. The van der Waals surface area contributed by atoms with E-state index in [1.807, 2.05) is 11.9 Å². The van der Waals surface area contributed by atoms with E-state index in [0.717, 1.165) is 12.8 Å². The standard InChI is InChI=1S/C16H22N2O2/c1-18(14-6-4-2-3-5-7-14)16(20)13-10-8-12(9-11-13)15(17)19/h8-11,14H,2-7H2,1H3,(H2,17,19). The Balaban J connectivity index is 2.07. The largest absolute Gasteiger partial charge is 0.366 e. The summed E-state index contributed by atoms with van der Waals surface area (Å²) < 4.78 is 0. The van der Waals surface area contributed by atoms with Crippen LogP contribution in [0.25, 0.3) is 0 Å². The first kappa shape index (κ1) is 14.6. The Hall–Kier alpha value is -1.84. The SMILES string of the molecule is CN(C(=O)c1ccc(C(N)=O)cc1)C1CCCCCC1. The number of benzene rings is 1. The number of amides is 2. The molecule has 0 heterocycles. The average molecular weight is 274 g/mol. The summed E-state index contributed by atoms with van der Waals surface area (Å²) in [6.45, 7) is 0. The number of carbonyl (C=O) groups excluding carboxylic acids is 2. The summed E-state index contributed by atoms with van der Waals surface area (Å²) in [5.41, 5.74) is 6.24. The van der Waals surface area contributed by atoms with E-state index in [9.17, 15) is 9.59 Å². The molecule has 0 saturated heterocycles. The van der Waals surface area contributed by atoms with E-state index < -0.39 is 5.91 Å². The minimum atomic E-state index is -0.471. The molecule has 20 heavy (non-hydrogen) atoms. The van der Waals surface area contributed by atoms with E-state index in [0.29, 0.717) is 17.2 Å². The summed E-state index contributed by atoms with van der Waals surface area (Å²) in [5, 5.41) is 0. The van der Waals surface area contributed by atoms with Crippen molar-refractivity contribution in [1.29, 1.82) is 0 Å². The summed E-state index contributed by atoms with van der Waals surface area (Å²) in [6, 6.07) is 6.90. The van der Waals surface area contributed by atoms with Crippen LogP contribution in [-0.2, 0) is 0 Å². The molecule has 0 radical (unpaired) electrons. The van der Waals surface area contributed by atoms with Crippen molar-refractivity contribution in [3.8, 4) is 0 Å². The molecule has 2 rings (SSSR count). The van der Waals surface area contributed by atoms with Crippen molar-refractivity contribution in [2.45, 2.75) is 44.6 Å². The van der Waals surface area contributed by atoms with E-state index >= 15 is 0 Å². The highest BCUT2D eigenvalue weighted by Gasteiger charge is 2.22. The van der Waals surface area contributed by atoms with Gasteiger partial charge in [0.05, 0.1) is 0 Å². The molecule has 2 N–H and O–H groups in total. The van der Waals surface area contributed by atoms with Gasteiger partial charge < -0.3 is 10.6 Å². The third-order valence-electron chi connectivity index (χ3n) is 4.11. The van der Waals surface area contributed by atoms with Crippen molar-refractivity contribution < 1.29 is 9.59 Å². The Morgan fingerprint density at radius 2 is 1.50 bits per heavy atom. The number of carbonyl (C=O) groups is 2. The van der Waals surface area contributed by atoms with E-state index in [1.165, 1.54) is 25.7 Å². The topological polar surface area (TPSA) is 63.4 Å². The van der Waals surface area contributed by atoms with Crippen LogP contribution < -0.4 is 5.73 Å². The molecule has 0 unspecified atom stereocenters. The Morgan fingerprint density at radius 3 is 2.00 bits per heavy atom. The van der Waals surface area contributed by atoms with Gasteiger partial charge in [-0.25, -0.2) is 0 Å². The Labute approximate surface area is 119 Å². The molecule has 0 bridgehead atoms. The summed E-state index contributed by atoms with van der Waals surface area (Å²) in [7, 11) is 1.88. The maximum atomic E-state index is 12.4. The van der Waals surface area contributed by atoms with Gasteiger partial charge in [-0.05, 0) is 37.1 Å². The number of hydrogen-bond donors (Lipinski definition) is 1. The van der Waals surface area contributed by atoms with Crippen LogP contribution in [-0.4, -0.2) is 29.8 Å². The fourth-order valence-electron chi connectivity index (χ4n) is 2.79. The third-order valence-corrected chi connectivity index (χ3v) is 4.11. The fourth-order valence-corrected chi connectivity index (χ4v) is 2.79. The second-order valence-corrected chi connectivity index (χ2v) is 5.50. The van der Waals surface area contributed by atoms with Crippen molar-refractivity contribution in [3.63, 3.8) is 0 Å². The van der Waals surface area contributed by atoms with Gasteiger partial charge in [0.1, 0.15) is 0 Å². The summed E-state index contributed by atoms with van der Waals surface area (Å²) in [5.74, 6) is -0.450. The average Bonchev–Trinajstić information content (AvgIpc) is 2.75. The predicted octanol–water partition coefficient (Wildman–Crippen LogP) is 2.58. The zero-order chi connectivity index (χ0) is 14.5. The van der Waals surface area contributed by atoms with Crippen LogP contribution in [0.5, 0.6) is 0 Å². The lowest BCUT2D eigenvalue weighted by Gasteiger charge is -2.27. The molecule has 1 aliphatic carbocycles. The summed E-state index contributed by atoms with van der Waals surface area (Å²) >= 11 is 0. The van der Waals surface area contributed by atoms with Gasteiger partial charge in [-0.15, -0.1) is 0 Å². The van der Waals surface area contributed by atoms with Crippen LogP contribution >= 0.6 is 0 Å². The Kier molecular flexibility index (Phi) is 4.77. The van der Waals surface area contributed by atoms with Crippen LogP contribution in [0.2, 0.25) is 0 Å². The van der Waals surface area contributed by atoms with Crippen molar-refractivity contribution in [2.75, 3.05) is 7.05 Å². The zero-order valence-corrected chi connectivity index (χ0v) is 12.0. The van der Waals surface area contributed by atoms with Gasteiger partial charge >= 0.3 is 0 Å². The quantitative estimate of drug-likeness (QED) is 0.861. The molecule has 0 spiro atoms. The molecule has 108 valence electrons. The first-order valence-corrected chi connectivity index (χ1v) is 7.26. The molecule has 1 aliphatic rings. The van der Waals surface area contributed by atoms with Crippen LogP contribution in [0.3, 0.4) is 0 Å². The van der Waals surface area contributed by atoms with Crippen LogP contribution in [0.4, 0.5) is 0 Å². The second-order valence-electron chi connectivity index (χ2n) is 5.50. The number of primary amides is 1. The molecule has 2 amide bonds. The molecular weight excluding hydrogens is 252 g/mol. The molecule has 1 fully saturated rings. The highest BCUT2D eigenvalue weighted by molar-refractivity contribution is 5.97. The molecule has 4 nitrogen and oxygen atoms in total. The molecule has 4 heteroatoms. The first-order chi connectivity index (χ1) is 9.59. The molecule has 0 aliphatic heterocycles. The van der Waals surface area contributed by atoms with Crippen LogP contribution in [0.15, 0.2) is 24.3 Å². The van der Waals surface area contributed by atoms with Gasteiger partial charge in [0.2, 0.25) is 5.91 Å². The highest BCUT2D eigenvalue weighted by Crippen LogP contribution is 2.22. The number of hydrogen-bond acceptors (Lipinski definition) is 2. The van der Waals surface area contributed by atoms with Crippen molar-refractivity contribution in [3.05, 3.63) is 35.4 Å². The van der Waals surface area contributed by atoms with Crippen molar-refractivity contribution >= 4 is 11.8 Å². The van der Waals surface area contributed by atoms with Gasteiger partial charge in [-0.2, -0.15) is 0 Å². The molecule has 0 atom stereocenters. The minimum absolute atomic E-state index is 0.0212. The van der Waals surface area contributed by atoms with E-state index in [4.69, 9.17) is 5.73 Å². The minimum Gasteiger partial charge on any atom is -0.366 e. The lowest BCUT2D eigenvalue weighted by molar-refractivity contribution is 0.0717.